The predicted octanol–water partition coefficient (Wildman–Crippen LogP) is 3.03. The van der Waals surface area contributed by atoms with Crippen molar-refractivity contribution < 1.29 is 4.92 Å². The van der Waals surface area contributed by atoms with Crippen LogP contribution in [-0.2, 0) is 6.42 Å². The van der Waals surface area contributed by atoms with Gasteiger partial charge >= 0.3 is 0 Å². The molecule has 0 spiro atoms. The van der Waals surface area contributed by atoms with Gasteiger partial charge in [-0.1, -0.05) is 6.07 Å². The molecule has 5 heteroatoms. The first-order valence-electron chi connectivity index (χ1n) is 5.01. The Morgan fingerprint density at radius 2 is 2.12 bits per heavy atom. The number of hydrogen-bond donors (Lipinski definition) is 1. The van der Waals surface area contributed by atoms with E-state index in [2.05, 4.69) is 15.9 Å². The number of rotatable bonds is 4. The van der Waals surface area contributed by atoms with Gasteiger partial charge in [0.25, 0.3) is 5.69 Å². The molecule has 0 radical (unpaired) electrons. The summed E-state index contributed by atoms with van der Waals surface area (Å²) in [4.78, 5) is 10.3. The molecule has 16 heavy (non-hydrogen) atoms. The molecule has 0 bridgehead atoms. The molecule has 0 aromatic heterocycles. The normalized spacial score (nSPS) is 11.5. The first-order valence-corrected chi connectivity index (χ1v) is 5.80. The van der Waals surface area contributed by atoms with E-state index in [9.17, 15) is 10.1 Å². The number of benzene rings is 1. The Morgan fingerprint density at radius 3 is 2.62 bits per heavy atom. The van der Waals surface area contributed by atoms with E-state index in [1.54, 1.807) is 12.1 Å². The third-order valence-corrected chi connectivity index (χ3v) is 2.94. The van der Waals surface area contributed by atoms with Gasteiger partial charge in [0.05, 0.1) is 9.40 Å². The lowest BCUT2D eigenvalue weighted by Crippen LogP contribution is -2.32. The number of nitrogens with zero attached hydrogens (tertiary/aromatic N) is 1. The lowest BCUT2D eigenvalue weighted by Gasteiger charge is -2.17. The molecule has 0 aliphatic carbocycles. The minimum Gasteiger partial charge on any atom is -0.326 e. The molecule has 1 rings (SSSR count). The Morgan fingerprint density at radius 1 is 1.50 bits per heavy atom. The summed E-state index contributed by atoms with van der Waals surface area (Å²) in [6, 6.07) is 5.18. The highest BCUT2D eigenvalue weighted by atomic mass is 79.9. The standard InChI is InChI=1S/C11H15BrN2O2/c1-11(2,13)6-5-8-3-4-9(12)10(7-8)14(15)16/h3-4,7H,5-6,13H2,1-2H3. The van der Waals surface area contributed by atoms with Crippen LogP contribution in [0.15, 0.2) is 22.7 Å². The summed E-state index contributed by atoms with van der Waals surface area (Å²) in [5.41, 5.74) is 6.66. The van der Waals surface area contributed by atoms with E-state index >= 15 is 0 Å². The van der Waals surface area contributed by atoms with Gasteiger partial charge < -0.3 is 5.73 Å². The largest absolute Gasteiger partial charge is 0.326 e. The number of nitro groups is 1. The molecule has 0 aliphatic heterocycles. The third kappa shape index (κ3) is 3.90. The summed E-state index contributed by atoms with van der Waals surface area (Å²) in [7, 11) is 0. The fraction of sp³-hybridized carbons (Fsp3) is 0.455. The average molecular weight is 287 g/mol. The number of nitrogens with two attached hydrogens (primary N) is 1. The highest BCUT2D eigenvalue weighted by Crippen LogP contribution is 2.26. The molecule has 88 valence electrons. The second kappa shape index (κ2) is 4.93. The van der Waals surface area contributed by atoms with Gasteiger partial charge in [0, 0.05) is 11.6 Å². The minimum atomic E-state index is -0.388. The van der Waals surface area contributed by atoms with E-state index in [1.165, 1.54) is 0 Å². The maximum Gasteiger partial charge on any atom is 0.283 e. The average Bonchev–Trinajstić information content (AvgIpc) is 2.14. The number of nitro benzene ring substituents is 1. The second-order valence-electron chi connectivity index (χ2n) is 4.53. The van der Waals surface area contributed by atoms with E-state index < -0.39 is 0 Å². The second-order valence-corrected chi connectivity index (χ2v) is 5.39. The molecule has 0 amide bonds. The fourth-order valence-electron chi connectivity index (χ4n) is 1.32. The van der Waals surface area contributed by atoms with E-state index in [0.717, 1.165) is 18.4 Å². The van der Waals surface area contributed by atoms with Crippen LogP contribution >= 0.6 is 15.9 Å². The van der Waals surface area contributed by atoms with Crippen molar-refractivity contribution in [1.29, 1.82) is 0 Å². The van der Waals surface area contributed by atoms with Crippen LogP contribution < -0.4 is 5.73 Å². The third-order valence-electron chi connectivity index (χ3n) is 2.27. The van der Waals surface area contributed by atoms with Crippen molar-refractivity contribution in [3.8, 4) is 0 Å². The van der Waals surface area contributed by atoms with Gasteiger partial charge in [-0.05, 0) is 54.2 Å². The van der Waals surface area contributed by atoms with E-state index in [4.69, 9.17) is 5.73 Å². The number of hydrogen-bond acceptors (Lipinski definition) is 3. The Hall–Kier alpha value is -0.940. The maximum atomic E-state index is 10.7. The van der Waals surface area contributed by atoms with Gasteiger partial charge in [0.1, 0.15) is 0 Å². The Balaban J connectivity index is 2.83. The molecule has 1 aromatic carbocycles. The molecule has 4 nitrogen and oxygen atoms in total. The molecular weight excluding hydrogens is 272 g/mol. The number of aryl methyl sites for hydroxylation is 1. The Bertz CT molecular complexity index is 399. The summed E-state index contributed by atoms with van der Waals surface area (Å²) < 4.78 is 0.508. The van der Waals surface area contributed by atoms with Crippen LogP contribution in [0, 0.1) is 10.1 Å². The van der Waals surface area contributed by atoms with E-state index in [0.29, 0.717) is 4.47 Å². The molecule has 0 aliphatic rings. The summed E-state index contributed by atoms with van der Waals surface area (Å²) in [6.45, 7) is 3.89. The van der Waals surface area contributed by atoms with Crippen LogP contribution in [-0.4, -0.2) is 10.5 Å². The number of halogens is 1. The quantitative estimate of drug-likeness (QED) is 0.683. The molecular formula is C11H15BrN2O2. The minimum absolute atomic E-state index is 0.104. The molecule has 0 unspecified atom stereocenters. The summed E-state index contributed by atoms with van der Waals surface area (Å²) >= 11 is 3.16. The molecule has 0 atom stereocenters. The van der Waals surface area contributed by atoms with Gasteiger partial charge in [-0.2, -0.15) is 0 Å². The van der Waals surface area contributed by atoms with Crippen molar-refractivity contribution in [3.05, 3.63) is 38.3 Å². The molecule has 0 saturated carbocycles. The van der Waals surface area contributed by atoms with Crippen LogP contribution in [0.4, 0.5) is 5.69 Å². The van der Waals surface area contributed by atoms with Crippen LogP contribution in [0.25, 0.3) is 0 Å². The highest BCUT2D eigenvalue weighted by Gasteiger charge is 2.14. The summed E-state index contributed by atoms with van der Waals surface area (Å²) in [5, 5.41) is 10.7. The topological polar surface area (TPSA) is 69.2 Å². The predicted molar refractivity (Wildman–Crippen MR) is 67.4 cm³/mol. The first kappa shape index (κ1) is 13.1. The first-order chi connectivity index (χ1) is 7.29. The zero-order valence-electron chi connectivity index (χ0n) is 9.37. The monoisotopic (exact) mass is 286 g/mol. The van der Waals surface area contributed by atoms with E-state index in [1.807, 2.05) is 19.9 Å². The summed E-state index contributed by atoms with van der Waals surface area (Å²) in [6.07, 6.45) is 1.55. The van der Waals surface area contributed by atoms with Crippen LogP contribution in [0.2, 0.25) is 0 Å². The van der Waals surface area contributed by atoms with Crippen molar-refractivity contribution in [3.63, 3.8) is 0 Å². The van der Waals surface area contributed by atoms with Gasteiger partial charge in [0.15, 0.2) is 0 Å². The molecule has 0 saturated heterocycles. The van der Waals surface area contributed by atoms with Crippen LogP contribution in [0.5, 0.6) is 0 Å². The van der Waals surface area contributed by atoms with Crippen molar-refractivity contribution in [2.75, 3.05) is 0 Å². The summed E-state index contributed by atoms with van der Waals surface area (Å²) in [5.74, 6) is 0. The lowest BCUT2D eigenvalue weighted by molar-refractivity contribution is -0.385. The molecule has 0 fully saturated rings. The molecule has 2 N–H and O–H groups in total. The van der Waals surface area contributed by atoms with Gasteiger partial charge in [-0.25, -0.2) is 0 Å². The Labute approximate surface area is 103 Å². The van der Waals surface area contributed by atoms with Gasteiger partial charge in [-0.15, -0.1) is 0 Å². The fourth-order valence-corrected chi connectivity index (χ4v) is 1.71. The molecule has 0 heterocycles. The highest BCUT2D eigenvalue weighted by molar-refractivity contribution is 9.10. The lowest BCUT2D eigenvalue weighted by atomic mass is 9.96. The van der Waals surface area contributed by atoms with E-state index in [-0.39, 0.29) is 16.1 Å². The van der Waals surface area contributed by atoms with Gasteiger partial charge in [-0.3, -0.25) is 10.1 Å². The van der Waals surface area contributed by atoms with Crippen LogP contribution in [0.1, 0.15) is 25.8 Å². The zero-order valence-corrected chi connectivity index (χ0v) is 11.0. The van der Waals surface area contributed by atoms with Crippen molar-refractivity contribution >= 4 is 21.6 Å². The Kier molecular flexibility index (Phi) is 4.04. The van der Waals surface area contributed by atoms with Crippen molar-refractivity contribution in [2.24, 2.45) is 5.73 Å². The van der Waals surface area contributed by atoms with Crippen molar-refractivity contribution in [2.45, 2.75) is 32.2 Å². The van der Waals surface area contributed by atoms with Crippen molar-refractivity contribution in [1.82, 2.24) is 0 Å². The van der Waals surface area contributed by atoms with Gasteiger partial charge in [0.2, 0.25) is 0 Å². The smallest absolute Gasteiger partial charge is 0.283 e. The zero-order chi connectivity index (χ0) is 12.3. The SMILES string of the molecule is CC(C)(N)CCc1ccc(Br)c([N+](=O)[O-])c1. The van der Waals surface area contributed by atoms with Crippen LogP contribution in [0.3, 0.4) is 0 Å². The maximum absolute atomic E-state index is 10.7. The molecule has 1 aromatic rings.